The topological polar surface area (TPSA) is 56.3 Å². The third kappa shape index (κ3) is 1.64. The molecule has 1 aliphatic heterocycles. The number of rotatable bonds is 0. The summed E-state index contributed by atoms with van der Waals surface area (Å²) in [4.78, 5) is 27.2. The van der Waals surface area contributed by atoms with Crippen LogP contribution in [0, 0.1) is 3.70 Å². The summed E-state index contributed by atoms with van der Waals surface area (Å²) in [5.41, 5.74) is -0.825. The quantitative estimate of drug-likeness (QED) is 0.414. The molecule has 0 aliphatic carbocycles. The molecule has 0 fully saturated rings. The Bertz CT molecular complexity index is 468. The van der Waals surface area contributed by atoms with Gasteiger partial charge in [0.2, 0.25) is 11.6 Å². The zero-order valence-electron chi connectivity index (χ0n) is 8.20. The molecule has 0 amide bonds. The van der Waals surface area contributed by atoms with Crippen LogP contribution in [0.25, 0.3) is 0 Å². The fraction of sp³-hybridized carbons (Fsp3) is 0.300. The molecule has 0 atom stereocenters. The average Bonchev–Trinajstić information content (AvgIpc) is 2.13. The van der Waals surface area contributed by atoms with Crippen molar-refractivity contribution in [2.75, 3.05) is 0 Å². The van der Waals surface area contributed by atoms with Gasteiger partial charge in [-0.3, -0.25) is 9.59 Å². The summed E-state index contributed by atoms with van der Waals surface area (Å²) in [6.07, 6.45) is 1.38. The molecule has 0 radical (unpaired) electrons. The molecule has 78 valence electrons. The number of hydrogen-bond donors (Lipinski definition) is 0. The lowest BCUT2D eigenvalue weighted by Crippen LogP contribution is -2.46. The number of aromatic nitrogens is 1. The molecule has 4 nitrogen and oxygen atoms in total. The van der Waals surface area contributed by atoms with Crippen LogP contribution < -0.4 is 4.74 Å². The summed E-state index contributed by atoms with van der Waals surface area (Å²) >= 11 is 2.02. The number of ketones is 2. The summed E-state index contributed by atoms with van der Waals surface area (Å²) < 4.78 is 6.19. The largest absolute Gasteiger partial charge is 0.479 e. The summed E-state index contributed by atoms with van der Waals surface area (Å²) in [6, 6.07) is 1.65. The first-order valence-corrected chi connectivity index (χ1v) is 5.43. The van der Waals surface area contributed by atoms with E-state index in [1.807, 2.05) is 22.6 Å². The molecule has 5 heteroatoms. The normalized spacial score (nSPS) is 18.3. The van der Waals surface area contributed by atoms with Gasteiger partial charge < -0.3 is 4.74 Å². The van der Waals surface area contributed by atoms with Crippen LogP contribution >= 0.6 is 22.6 Å². The highest BCUT2D eigenvalue weighted by Gasteiger charge is 2.41. The van der Waals surface area contributed by atoms with Crippen molar-refractivity contribution in [3.63, 3.8) is 0 Å². The lowest BCUT2D eigenvalue weighted by molar-refractivity contribution is -0.128. The van der Waals surface area contributed by atoms with E-state index in [4.69, 9.17) is 4.74 Å². The predicted molar refractivity (Wildman–Crippen MR) is 61.0 cm³/mol. The van der Waals surface area contributed by atoms with Crippen LogP contribution in [0.2, 0.25) is 0 Å². The zero-order valence-corrected chi connectivity index (χ0v) is 10.4. The number of carbonyl (C=O) groups is 2. The third-order valence-electron chi connectivity index (χ3n) is 2.20. The fourth-order valence-corrected chi connectivity index (χ4v) is 1.81. The van der Waals surface area contributed by atoms with Crippen LogP contribution in [0.5, 0.6) is 5.75 Å². The maximum absolute atomic E-state index is 11.7. The smallest absolute Gasteiger partial charge is 0.246 e. The van der Waals surface area contributed by atoms with E-state index in [2.05, 4.69) is 4.98 Å². The molecule has 1 aliphatic rings. The Hall–Kier alpha value is -0.980. The Morgan fingerprint density at radius 1 is 1.40 bits per heavy atom. The molecule has 0 N–H and O–H groups in total. The minimum atomic E-state index is -1.07. The number of carbonyl (C=O) groups excluding carboxylic acids is 2. The second-order valence-corrected chi connectivity index (χ2v) is 4.88. The molecule has 1 aromatic rings. The van der Waals surface area contributed by atoms with Gasteiger partial charge in [-0.25, -0.2) is 4.98 Å². The molecule has 0 aromatic carbocycles. The number of Topliss-reactive ketones (excluding diaryl/α,β-unsaturated/α-hetero) is 2. The molecule has 2 rings (SSSR count). The van der Waals surface area contributed by atoms with Crippen molar-refractivity contribution in [1.29, 1.82) is 0 Å². The molecule has 0 bridgehead atoms. The summed E-state index contributed by atoms with van der Waals surface area (Å²) in [6.45, 7) is 3.17. The maximum atomic E-state index is 11.7. The first-order valence-electron chi connectivity index (χ1n) is 4.35. The monoisotopic (exact) mass is 317 g/mol. The fourth-order valence-electron chi connectivity index (χ4n) is 1.38. The van der Waals surface area contributed by atoms with Crippen LogP contribution in [0.15, 0.2) is 12.3 Å². The van der Waals surface area contributed by atoms with E-state index in [1.165, 1.54) is 6.20 Å². The van der Waals surface area contributed by atoms with E-state index >= 15 is 0 Å². The standard InChI is InChI=1S/C10H8INO3/c1-10(2)9(14)8(13)5-4-12-7(11)3-6(5)15-10/h3-4H,1-2H3. The summed E-state index contributed by atoms with van der Waals surface area (Å²) in [5, 5.41) is 0. The highest BCUT2D eigenvalue weighted by molar-refractivity contribution is 14.1. The van der Waals surface area contributed by atoms with E-state index in [0.717, 1.165) is 3.70 Å². The highest BCUT2D eigenvalue weighted by atomic mass is 127. The molecular weight excluding hydrogens is 309 g/mol. The minimum absolute atomic E-state index is 0.250. The molecule has 0 saturated heterocycles. The van der Waals surface area contributed by atoms with E-state index in [1.54, 1.807) is 19.9 Å². The number of ether oxygens (including phenoxy) is 1. The first kappa shape index (κ1) is 10.5. The third-order valence-corrected chi connectivity index (χ3v) is 2.79. The Balaban J connectivity index is 2.60. The Kier molecular flexibility index (Phi) is 2.29. The van der Waals surface area contributed by atoms with E-state index in [-0.39, 0.29) is 5.56 Å². The second-order valence-electron chi connectivity index (χ2n) is 3.77. The van der Waals surface area contributed by atoms with Crippen molar-refractivity contribution in [3.05, 3.63) is 21.5 Å². The van der Waals surface area contributed by atoms with Gasteiger partial charge in [0.1, 0.15) is 9.45 Å². The molecular formula is C10H8INO3. The molecule has 1 aromatic heterocycles. The predicted octanol–water partition coefficient (Wildman–Crippen LogP) is 1.61. The number of hydrogen-bond acceptors (Lipinski definition) is 4. The van der Waals surface area contributed by atoms with Crippen LogP contribution in [0.1, 0.15) is 24.2 Å². The highest BCUT2D eigenvalue weighted by Crippen LogP contribution is 2.31. The SMILES string of the molecule is CC1(C)Oc2cc(I)ncc2C(=O)C1=O. The van der Waals surface area contributed by atoms with Crippen LogP contribution in [0.4, 0.5) is 0 Å². The molecule has 2 heterocycles. The van der Waals surface area contributed by atoms with Gasteiger partial charge in [0.25, 0.3) is 0 Å². The molecule has 15 heavy (non-hydrogen) atoms. The van der Waals surface area contributed by atoms with Crippen molar-refractivity contribution >= 4 is 34.2 Å². The zero-order chi connectivity index (χ0) is 11.2. The maximum Gasteiger partial charge on any atom is 0.246 e. The van der Waals surface area contributed by atoms with Crippen molar-refractivity contribution < 1.29 is 14.3 Å². The van der Waals surface area contributed by atoms with E-state index < -0.39 is 17.2 Å². The van der Waals surface area contributed by atoms with E-state index in [9.17, 15) is 9.59 Å². The molecule has 0 spiro atoms. The average molecular weight is 317 g/mol. The van der Waals surface area contributed by atoms with Crippen molar-refractivity contribution in [2.45, 2.75) is 19.4 Å². The number of halogens is 1. The molecule has 0 unspecified atom stereocenters. The Morgan fingerprint density at radius 3 is 2.73 bits per heavy atom. The van der Waals surface area contributed by atoms with E-state index in [0.29, 0.717) is 5.75 Å². The Labute approximate surface area is 100 Å². The van der Waals surface area contributed by atoms with Gasteiger partial charge >= 0.3 is 0 Å². The number of pyridine rings is 1. The van der Waals surface area contributed by atoms with Crippen molar-refractivity contribution in [1.82, 2.24) is 4.98 Å². The minimum Gasteiger partial charge on any atom is -0.479 e. The second kappa shape index (κ2) is 3.26. The number of fused-ring (bicyclic) bond motifs is 1. The summed E-state index contributed by atoms with van der Waals surface area (Å²) in [7, 11) is 0. The number of nitrogens with zero attached hydrogens (tertiary/aromatic N) is 1. The van der Waals surface area contributed by atoms with Crippen LogP contribution in [-0.4, -0.2) is 22.2 Å². The first-order chi connectivity index (χ1) is 6.92. The lowest BCUT2D eigenvalue weighted by Gasteiger charge is -2.29. The van der Waals surface area contributed by atoms with Gasteiger partial charge in [0.05, 0.1) is 5.56 Å². The van der Waals surface area contributed by atoms with Crippen molar-refractivity contribution in [2.24, 2.45) is 0 Å². The van der Waals surface area contributed by atoms with Crippen molar-refractivity contribution in [3.8, 4) is 5.75 Å². The van der Waals surface area contributed by atoms with Gasteiger partial charge in [0.15, 0.2) is 5.60 Å². The lowest BCUT2D eigenvalue weighted by atomic mass is 9.93. The Morgan fingerprint density at radius 2 is 2.07 bits per heavy atom. The van der Waals surface area contributed by atoms with Crippen LogP contribution in [-0.2, 0) is 4.79 Å². The van der Waals surface area contributed by atoms with Gasteiger partial charge in [-0.15, -0.1) is 0 Å². The van der Waals surface area contributed by atoms with Gasteiger partial charge in [-0.05, 0) is 36.4 Å². The molecule has 0 saturated carbocycles. The van der Waals surface area contributed by atoms with Gasteiger partial charge in [-0.2, -0.15) is 0 Å². The van der Waals surface area contributed by atoms with Crippen LogP contribution in [0.3, 0.4) is 0 Å². The van der Waals surface area contributed by atoms with Gasteiger partial charge in [-0.1, -0.05) is 0 Å². The summed E-state index contributed by atoms with van der Waals surface area (Å²) in [5.74, 6) is -0.618. The van der Waals surface area contributed by atoms with Gasteiger partial charge in [0, 0.05) is 12.3 Å².